The summed E-state index contributed by atoms with van der Waals surface area (Å²) in [4.78, 5) is -0.762. The normalized spacial score (nSPS) is 11.5. The number of hydrogen-bond donors (Lipinski definition) is 1. The molecule has 0 saturated carbocycles. The summed E-state index contributed by atoms with van der Waals surface area (Å²) in [6.45, 7) is 1.51. The van der Waals surface area contributed by atoms with Crippen LogP contribution >= 0.6 is 27.5 Å². The summed E-state index contributed by atoms with van der Waals surface area (Å²) in [6, 6.07) is 2.03. The molecule has 1 aromatic heterocycles. The van der Waals surface area contributed by atoms with Gasteiger partial charge in [-0.2, -0.15) is 4.73 Å². The zero-order valence-corrected chi connectivity index (χ0v) is 14.1. The van der Waals surface area contributed by atoms with Crippen molar-refractivity contribution in [2.24, 2.45) is 0 Å². The fraction of sp³-hybridized carbons (Fsp3) is 0.0833. The molecule has 0 aliphatic carbocycles. The Kier molecular flexibility index (Phi) is 4.59. The predicted octanol–water partition coefficient (Wildman–Crippen LogP) is 3.12. The minimum atomic E-state index is -4.39. The van der Waals surface area contributed by atoms with Crippen molar-refractivity contribution in [1.82, 2.24) is 0 Å². The van der Waals surface area contributed by atoms with Crippen molar-refractivity contribution in [3.63, 3.8) is 0 Å². The molecule has 0 atom stereocenters. The molecule has 1 heterocycles. The van der Waals surface area contributed by atoms with Gasteiger partial charge in [-0.25, -0.2) is 17.2 Å². The van der Waals surface area contributed by atoms with Crippen LogP contribution in [-0.2, 0) is 10.0 Å². The van der Waals surface area contributed by atoms with Crippen molar-refractivity contribution in [3.05, 3.63) is 56.4 Å². The molecule has 2 aromatic rings. The van der Waals surface area contributed by atoms with Crippen LogP contribution in [0.1, 0.15) is 5.56 Å². The van der Waals surface area contributed by atoms with E-state index in [-0.39, 0.29) is 10.4 Å². The highest BCUT2D eigenvalue weighted by Crippen LogP contribution is 2.30. The third-order valence-electron chi connectivity index (χ3n) is 2.78. The van der Waals surface area contributed by atoms with Crippen LogP contribution in [0.15, 0.2) is 33.8 Å². The lowest BCUT2D eigenvalue weighted by atomic mass is 10.3. The van der Waals surface area contributed by atoms with E-state index >= 15 is 0 Å². The molecular weight excluding hydrogens is 406 g/mol. The first-order valence-electron chi connectivity index (χ1n) is 5.69. The van der Waals surface area contributed by atoms with Gasteiger partial charge >= 0.3 is 5.15 Å². The topological polar surface area (TPSA) is 73.1 Å². The smallest absolute Gasteiger partial charge is 0.311 e. The van der Waals surface area contributed by atoms with E-state index in [9.17, 15) is 22.4 Å². The Balaban J connectivity index is 2.55. The zero-order valence-electron chi connectivity index (χ0n) is 10.9. The molecule has 2 rings (SSSR count). The van der Waals surface area contributed by atoms with Crippen molar-refractivity contribution in [3.8, 4) is 0 Å². The van der Waals surface area contributed by atoms with Crippen molar-refractivity contribution in [2.75, 3.05) is 4.72 Å². The summed E-state index contributed by atoms with van der Waals surface area (Å²) < 4.78 is 53.5. The third-order valence-corrected chi connectivity index (χ3v) is 5.32. The lowest BCUT2D eigenvalue weighted by Gasteiger charge is -2.13. The minimum absolute atomic E-state index is 0.199. The van der Waals surface area contributed by atoms with Gasteiger partial charge in [0.05, 0.1) is 4.47 Å². The molecule has 118 valence electrons. The molecule has 0 unspecified atom stereocenters. The molecule has 22 heavy (non-hydrogen) atoms. The van der Waals surface area contributed by atoms with Crippen LogP contribution in [-0.4, -0.2) is 8.42 Å². The maximum Gasteiger partial charge on any atom is 0.311 e. The average Bonchev–Trinajstić information content (AvgIpc) is 2.41. The van der Waals surface area contributed by atoms with E-state index in [1.165, 1.54) is 6.92 Å². The molecule has 0 amide bonds. The first kappa shape index (κ1) is 16.9. The predicted molar refractivity (Wildman–Crippen MR) is 80.0 cm³/mol. The highest BCUT2D eigenvalue weighted by Gasteiger charge is 2.25. The van der Waals surface area contributed by atoms with Crippen LogP contribution in [0.2, 0.25) is 5.15 Å². The fourth-order valence-electron chi connectivity index (χ4n) is 1.64. The third kappa shape index (κ3) is 3.16. The molecule has 5 nitrogen and oxygen atoms in total. The van der Waals surface area contributed by atoms with Gasteiger partial charge in [0.2, 0.25) is 0 Å². The lowest BCUT2D eigenvalue weighted by molar-refractivity contribution is -0.602. The molecule has 0 saturated heterocycles. The Hall–Kier alpha value is -1.45. The number of sulfonamides is 1. The van der Waals surface area contributed by atoms with Crippen molar-refractivity contribution < 1.29 is 21.9 Å². The second-order valence-corrected chi connectivity index (χ2v) is 7.14. The molecule has 0 bridgehead atoms. The molecule has 1 aromatic carbocycles. The van der Waals surface area contributed by atoms with Gasteiger partial charge in [0.25, 0.3) is 10.0 Å². The molecule has 0 aliphatic heterocycles. The lowest BCUT2D eigenvalue weighted by Crippen LogP contribution is -2.30. The standard InChI is InChI=1S/C12H8BrClF2N2O3S/c1-6-8(13)5-18(19)12(14)11(6)17-22(20,21)10-3-2-7(15)4-9(10)16/h2-5,17H,1H3. The van der Waals surface area contributed by atoms with Gasteiger partial charge in [-0.05, 0) is 46.6 Å². The second-order valence-electron chi connectivity index (χ2n) is 4.27. The van der Waals surface area contributed by atoms with Crippen LogP contribution in [0.4, 0.5) is 14.5 Å². The molecule has 0 aliphatic rings. The van der Waals surface area contributed by atoms with Crippen molar-refractivity contribution >= 4 is 43.2 Å². The van der Waals surface area contributed by atoms with E-state index in [1.807, 2.05) is 4.72 Å². The zero-order chi connectivity index (χ0) is 16.7. The second kappa shape index (κ2) is 5.98. The molecule has 0 fully saturated rings. The van der Waals surface area contributed by atoms with Gasteiger partial charge in [0.1, 0.15) is 22.2 Å². The minimum Gasteiger partial charge on any atom is -0.618 e. The largest absolute Gasteiger partial charge is 0.618 e. The summed E-state index contributed by atoms with van der Waals surface area (Å²) in [6.07, 6.45) is 1.11. The van der Waals surface area contributed by atoms with Gasteiger partial charge in [0.15, 0.2) is 6.20 Å². The Morgan fingerprint density at radius 3 is 2.59 bits per heavy atom. The number of anilines is 1. The first-order chi connectivity index (χ1) is 10.1. The summed E-state index contributed by atoms with van der Waals surface area (Å²) in [5.74, 6) is -2.17. The van der Waals surface area contributed by atoms with Crippen molar-refractivity contribution in [1.29, 1.82) is 0 Å². The summed E-state index contributed by atoms with van der Waals surface area (Å²) in [5, 5.41) is 11.1. The van der Waals surface area contributed by atoms with E-state index in [2.05, 4.69) is 15.9 Å². The molecular formula is C12H8BrClF2N2O3S. The maximum atomic E-state index is 13.6. The highest BCUT2D eigenvalue weighted by atomic mass is 79.9. The van der Waals surface area contributed by atoms with Crippen LogP contribution in [0.25, 0.3) is 0 Å². The number of aromatic nitrogens is 1. The van der Waals surface area contributed by atoms with Crippen LogP contribution in [0.5, 0.6) is 0 Å². The van der Waals surface area contributed by atoms with Gasteiger partial charge in [0, 0.05) is 11.6 Å². The van der Waals surface area contributed by atoms with E-state index < -0.39 is 31.7 Å². The Morgan fingerprint density at radius 1 is 1.36 bits per heavy atom. The number of nitrogens with one attached hydrogen (secondary N) is 1. The highest BCUT2D eigenvalue weighted by molar-refractivity contribution is 9.10. The number of pyridine rings is 1. The fourth-order valence-corrected chi connectivity index (χ4v) is 3.51. The Morgan fingerprint density at radius 2 is 2.00 bits per heavy atom. The van der Waals surface area contributed by atoms with Crippen LogP contribution < -0.4 is 9.45 Å². The summed E-state index contributed by atoms with van der Waals surface area (Å²) >= 11 is 8.86. The van der Waals surface area contributed by atoms with Gasteiger partial charge in [-0.15, -0.1) is 0 Å². The average molecular weight is 414 g/mol. The Bertz CT molecular complexity index is 836. The van der Waals surface area contributed by atoms with Gasteiger partial charge < -0.3 is 5.21 Å². The molecule has 1 N–H and O–H groups in total. The monoisotopic (exact) mass is 412 g/mol. The van der Waals surface area contributed by atoms with Gasteiger partial charge in [-0.3, -0.25) is 4.72 Å². The molecule has 0 radical (unpaired) electrons. The SMILES string of the molecule is Cc1c(Br)c[n+]([O-])c(Cl)c1NS(=O)(=O)c1ccc(F)cc1F. The number of nitrogens with zero attached hydrogens (tertiary/aromatic N) is 1. The molecule has 0 spiro atoms. The summed E-state index contributed by atoms with van der Waals surface area (Å²) in [5.41, 5.74) is 0.137. The van der Waals surface area contributed by atoms with Gasteiger partial charge in [-0.1, -0.05) is 0 Å². The van der Waals surface area contributed by atoms with Crippen LogP contribution in [0.3, 0.4) is 0 Å². The maximum absolute atomic E-state index is 13.6. The number of rotatable bonds is 3. The van der Waals surface area contributed by atoms with E-state index in [4.69, 9.17) is 11.6 Å². The van der Waals surface area contributed by atoms with E-state index in [0.29, 0.717) is 16.1 Å². The quantitative estimate of drug-likeness (QED) is 0.477. The van der Waals surface area contributed by atoms with Crippen LogP contribution in [0, 0.1) is 23.8 Å². The van der Waals surface area contributed by atoms with Crippen molar-refractivity contribution in [2.45, 2.75) is 11.8 Å². The van der Waals surface area contributed by atoms with E-state index in [0.717, 1.165) is 18.3 Å². The number of hydrogen-bond acceptors (Lipinski definition) is 3. The molecule has 10 heteroatoms. The Labute approximate surface area is 138 Å². The van der Waals surface area contributed by atoms with E-state index in [1.54, 1.807) is 0 Å². The number of halogens is 4. The first-order valence-corrected chi connectivity index (χ1v) is 8.34. The number of benzene rings is 1. The summed E-state index contributed by atoms with van der Waals surface area (Å²) in [7, 11) is -4.39.